The number of halogens is 3. The maximum atomic E-state index is 13.4. The minimum absolute atomic E-state index is 0.0329. The molecular formula is C21H19F3N4O3S2. The van der Waals surface area contributed by atoms with Gasteiger partial charge in [-0.15, -0.1) is 10.2 Å². The molecule has 1 aromatic heterocycles. The van der Waals surface area contributed by atoms with E-state index in [1.165, 1.54) is 6.07 Å². The Morgan fingerprint density at radius 2 is 1.82 bits per heavy atom. The predicted molar refractivity (Wildman–Crippen MR) is 116 cm³/mol. The number of anilines is 1. The molecule has 1 atom stereocenters. The van der Waals surface area contributed by atoms with E-state index in [1.807, 2.05) is 19.1 Å². The van der Waals surface area contributed by atoms with Crippen LogP contribution in [-0.4, -0.2) is 35.4 Å². The summed E-state index contributed by atoms with van der Waals surface area (Å²) in [5.41, 5.74) is 0.378. The van der Waals surface area contributed by atoms with Gasteiger partial charge in [0.05, 0.1) is 16.5 Å². The summed E-state index contributed by atoms with van der Waals surface area (Å²) >= 11 is 0.923. The summed E-state index contributed by atoms with van der Waals surface area (Å²) in [6, 6.07) is 10.4. The van der Waals surface area contributed by atoms with E-state index in [4.69, 9.17) is 0 Å². The summed E-state index contributed by atoms with van der Waals surface area (Å²) < 4.78 is 67.7. The molecule has 4 rings (SSSR count). The first-order valence-electron chi connectivity index (χ1n) is 9.97. The van der Waals surface area contributed by atoms with Gasteiger partial charge < -0.3 is 5.32 Å². The van der Waals surface area contributed by atoms with Crippen LogP contribution in [0.4, 0.5) is 18.9 Å². The van der Waals surface area contributed by atoms with Gasteiger partial charge in [-0.2, -0.15) is 17.5 Å². The van der Waals surface area contributed by atoms with Crippen LogP contribution in [0.3, 0.4) is 0 Å². The van der Waals surface area contributed by atoms with E-state index in [-0.39, 0.29) is 16.6 Å². The van der Waals surface area contributed by atoms with Gasteiger partial charge >= 0.3 is 6.18 Å². The van der Waals surface area contributed by atoms with Crippen LogP contribution in [0.15, 0.2) is 53.4 Å². The molecule has 33 heavy (non-hydrogen) atoms. The normalized spacial score (nSPS) is 17.3. The standard InChI is InChI=1S/C21H19F3N4O3S2/c1-13-8-10-14(11-9-13)25-18(29)20-27-26-19(32-20)16-6-4-12-28(16)33(30,31)17-7-3-2-5-15(17)21(22,23)24/h2-3,5,7-11,16H,4,6,12H2,1H3,(H,25,29)/t16-/m1/s1. The first kappa shape index (κ1) is 23.3. The third-order valence-corrected chi connectivity index (χ3v) is 8.20. The smallest absolute Gasteiger partial charge is 0.320 e. The van der Waals surface area contributed by atoms with Crippen molar-refractivity contribution >= 4 is 33.0 Å². The van der Waals surface area contributed by atoms with Crippen LogP contribution in [0.2, 0.25) is 0 Å². The Labute approximate surface area is 192 Å². The third-order valence-electron chi connectivity index (χ3n) is 5.21. The molecule has 1 fully saturated rings. The SMILES string of the molecule is Cc1ccc(NC(=O)c2nnc([C@H]3CCCN3S(=O)(=O)c3ccccc3C(F)(F)F)s2)cc1. The zero-order chi connectivity index (χ0) is 23.8. The van der Waals surface area contributed by atoms with E-state index < -0.39 is 38.6 Å². The van der Waals surface area contributed by atoms with Crippen molar-refractivity contribution in [3.63, 3.8) is 0 Å². The van der Waals surface area contributed by atoms with Crippen molar-refractivity contribution in [3.05, 3.63) is 69.7 Å². The van der Waals surface area contributed by atoms with Gasteiger partial charge in [-0.1, -0.05) is 41.2 Å². The summed E-state index contributed by atoms with van der Waals surface area (Å²) in [6.07, 6.45) is -4.01. The number of carbonyl (C=O) groups is 1. The van der Waals surface area contributed by atoms with Crippen LogP contribution in [0, 0.1) is 6.92 Å². The van der Waals surface area contributed by atoms with Gasteiger partial charge in [-0.25, -0.2) is 8.42 Å². The molecular weight excluding hydrogens is 477 g/mol. The van der Waals surface area contributed by atoms with Gasteiger partial charge in [0.25, 0.3) is 5.91 Å². The fourth-order valence-corrected chi connectivity index (χ4v) is 6.44. The fraction of sp³-hybridized carbons (Fsp3) is 0.286. The molecule has 7 nitrogen and oxygen atoms in total. The van der Waals surface area contributed by atoms with Crippen LogP contribution >= 0.6 is 11.3 Å². The summed E-state index contributed by atoms with van der Waals surface area (Å²) in [5, 5.41) is 10.8. The molecule has 1 saturated heterocycles. The zero-order valence-corrected chi connectivity index (χ0v) is 19.0. The number of nitrogens with one attached hydrogen (secondary N) is 1. The quantitative estimate of drug-likeness (QED) is 0.556. The largest absolute Gasteiger partial charge is 0.417 e. The van der Waals surface area contributed by atoms with Crippen molar-refractivity contribution < 1.29 is 26.4 Å². The lowest BCUT2D eigenvalue weighted by atomic mass is 10.2. The van der Waals surface area contributed by atoms with Crippen LogP contribution in [0.1, 0.15) is 44.8 Å². The van der Waals surface area contributed by atoms with E-state index >= 15 is 0 Å². The Bertz CT molecular complexity index is 1270. The van der Waals surface area contributed by atoms with E-state index in [0.29, 0.717) is 18.5 Å². The topological polar surface area (TPSA) is 92.3 Å². The molecule has 1 N–H and O–H groups in total. The lowest BCUT2D eigenvalue weighted by Crippen LogP contribution is -2.32. The average Bonchev–Trinajstić information content (AvgIpc) is 3.44. The van der Waals surface area contributed by atoms with Crippen LogP contribution in [-0.2, 0) is 16.2 Å². The highest BCUT2D eigenvalue weighted by molar-refractivity contribution is 7.89. The first-order valence-corrected chi connectivity index (χ1v) is 12.2. The molecule has 1 aliphatic rings. The number of hydrogen-bond donors (Lipinski definition) is 1. The Hall–Kier alpha value is -2.83. The Balaban J connectivity index is 1.59. The second kappa shape index (κ2) is 8.84. The average molecular weight is 497 g/mol. The number of nitrogens with zero attached hydrogens (tertiary/aromatic N) is 3. The van der Waals surface area contributed by atoms with Crippen LogP contribution < -0.4 is 5.32 Å². The molecule has 0 aliphatic carbocycles. The maximum Gasteiger partial charge on any atom is 0.417 e. The number of carbonyl (C=O) groups excluding carboxylic acids is 1. The van der Waals surface area contributed by atoms with E-state index in [0.717, 1.165) is 39.4 Å². The van der Waals surface area contributed by atoms with Gasteiger partial charge in [0.15, 0.2) is 0 Å². The van der Waals surface area contributed by atoms with E-state index in [1.54, 1.807) is 12.1 Å². The van der Waals surface area contributed by atoms with Gasteiger partial charge in [-0.3, -0.25) is 4.79 Å². The molecule has 2 heterocycles. The van der Waals surface area contributed by atoms with E-state index in [9.17, 15) is 26.4 Å². The highest BCUT2D eigenvalue weighted by Gasteiger charge is 2.43. The molecule has 3 aromatic rings. The number of sulfonamides is 1. The highest BCUT2D eigenvalue weighted by Crippen LogP contribution is 2.41. The number of rotatable bonds is 5. The summed E-state index contributed by atoms with van der Waals surface area (Å²) in [6.45, 7) is 1.96. The zero-order valence-electron chi connectivity index (χ0n) is 17.3. The lowest BCUT2D eigenvalue weighted by Gasteiger charge is -2.24. The molecule has 174 valence electrons. The molecule has 12 heteroatoms. The Kier molecular flexibility index (Phi) is 6.25. The van der Waals surface area contributed by atoms with Gasteiger partial charge in [-0.05, 0) is 44.0 Å². The summed E-state index contributed by atoms with van der Waals surface area (Å²) in [4.78, 5) is 11.7. The van der Waals surface area contributed by atoms with Crippen molar-refractivity contribution in [1.29, 1.82) is 0 Å². The number of hydrogen-bond acceptors (Lipinski definition) is 6. The number of aromatic nitrogens is 2. The number of alkyl halides is 3. The van der Waals surface area contributed by atoms with Crippen LogP contribution in [0.25, 0.3) is 0 Å². The number of amides is 1. The molecule has 0 radical (unpaired) electrons. The molecule has 0 saturated carbocycles. The molecule has 1 aliphatic heterocycles. The minimum atomic E-state index is -4.82. The van der Waals surface area contributed by atoms with Gasteiger partial charge in [0, 0.05) is 12.2 Å². The van der Waals surface area contributed by atoms with Crippen molar-refractivity contribution in [3.8, 4) is 0 Å². The van der Waals surface area contributed by atoms with Crippen molar-refractivity contribution in [1.82, 2.24) is 14.5 Å². The molecule has 1 amide bonds. The van der Waals surface area contributed by atoms with Crippen molar-refractivity contribution in [2.45, 2.75) is 36.9 Å². The maximum absolute atomic E-state index is 13.4. The highest BCUT2D eigenvalue weighted by atomic mass is 32.2. The van der Waals surface area contributed by atoms with E-state index in [2.05, 4.69) is 15.5 Å². The van der Waals surface area contributed by atoms with Crippen LogP contribution in [0.5, 0.6) is 0 Å². The van der Waals surface area contributed by atoms with Crippen molar-refractivity contribution in [2.75, 3.05) is 11.9 Å². The Morgan fingerprint density at radius 1 is 1.12 bits per heavy atom. The molecule has 0 spiro atoms. The third kappa shape index (κ3) is 4.77. The van der Waals surface area contributed by atoms with Gasteiger partial charge in [0.2, 0.25) is 15.0 Å². The Morgan fingerprint density at radius 3 is 2.52 bits per heavy atom. The van der Waals surface area contributed by atoms with Crippen molar-refractivity contribution in [2.24, 2.45) is 0 Å². The molecule has 0 bridgehead atoms. The first-order chi connectivity index (χ1) is 15.6. The number of benzene rings is 2. The summed E-state index contributed by atoms with van der Waals surface area (Å²) in [7, 11) is -4.46. The monoisotopic (exact) mass is 496 g/mol. The second-order valence-electron chi connectivity index (χ2n) is 7.53. The number of aryl methyl sites for hydroxylation is 1. The molecule has 0 unspecified atom stereocenters. The minimum Gasteiger partial charge on any atom is -0.320 e. The van der Waals surface area contributed by atoms with Gasteiger partial charge in [0.1, 0.15) is 5.01 Å². The summed E-state index contributed by atoms with van der Waals surface area (Å²) in [5.74, 6) is -0.502. The molecule has 2 aromatic carbocycles. The fourth-order valence-electron chi connectivity index (χ4n) is 3.61. The second-order valence-corrected chi connectivity index (χ2v) is 10.4. The predicted octanol–water partition coefficient (Wildman–Crippen LogP) is 4.64. The lowest BCUT2D eigenvalue weighted by molar-refractivity contribution is -0.139.